The van der Waals surface area contributed by atoms with Crippen LogP contribution in [0.5, 0.6) is 17.2 Å². The van der Waals surface area contributed by atoms with Gasteiger partial charge in [0.15, 0.2) is 13.6 Å². The van der Waals surface area contributed by atoms with Gasteiger partial charge in [-0.1, -0.05) is 91.6 Å². The van der Waals surface area contributed by atoms with E-state index in [1.54, 1.807) is 14.2 Å². The predicted octanol–water partition coefficient (Wildman–Crippen LogP) is 8.62. The number of methoxy groups -OCH3 is 2. The SMILES string of the molecule is COCOc1c(P(c2cc(C)cc(C(C)(C)C)c2O)c2cc(Cl)cc(C(C)(C)C)c2OCOC)cc(Cl)cc1C(C)(C)C. The fraction of sp³-hybridized carbons (Fsp3) is 0.486. The maximum Gasteiger partial charge on any atom is 0.188 e. The summed E-state index contributed by atoms with van der Waals surface area (Å²) in [7, 11) is 1.64. The average molecular weight is 650 g/mol. The Balaban J connectivity index is 2.65. The third-order valence-electron chi connectivity index (χ3n) is 7.09. The molecule has 0 radical (unpaired) electrons. The van der Waals surface area contributed by atoms with Gasteiger partial charge in [-0.05, 0) is 67.0 Å². The van der Waals surface area contributed by atoms with Crippen LogP contribution in [0.4, 0.5) is 0 Å². The van der Waals surface area contributed by atoms with Crippen LogP contribution in [0.25, 0.3) is 0 Å². The number of phenols is 1. The van der Waals surface area contributed by atoms with Gasteiger partial charge >= 0.3 is 0 Å². The molecule has 0 aliphatic rings. The molecule has 0 aliphatic carbocycles. The van der Waals surface area contributed by atoms with Crippen molar-refractivity contribution in [2.45, 2.75) is 85.5 Å². The molecule has 0 aliphatic heterocycles. The van der Waals surface area contributed by atoms with Crippen LogP contribution in [0.3, 0.4) is 0 Å². The van der Waals surface area contributed by atoms with E-state index in [1.807, 2.05) is 43.3 Å². The third kappa shape index (κ3) is 8.18. The Morgan fingerprint density at radius 2 is 1.00 bits per heavy atom. The lowest BCUT2D eigenvalue weighted by Crippen LogP contribution is -2.30. The first-order valence-electron chi connectivity index (χ1n) is 14.4. The second-order valence-corrected chi connectivity index (χ2v) is 17.0. The predicted molar refractivity (Wildman–Crippen MR) is 183 cm³/mol. The van der Waals surface area contributed by atoms with Gasteiger partial charge in [0.1, 0.15) is 17.2 Å². The number of hydrogen-bond donors (Lipinski definition) is 1. The molecular weight excluding hydrogens is 602 g/mol. The molecule has 3 aromatic carbocycles. The molecule has 0 atom stereocenters. The van der Waals surface area contributed by atoms with Gasteiger partial charge in [0.2, 0.25) is 0 Å². The maximum atomic E-state index is 12.1. The van der Waals surface area contributed by atoms with Crippen LogP contribution in [0.1, 0.15) is 84.6 Å². The Morgan fingerprint density at radius 1 is 0.605 bits per heavy atom. The van der Waals surface area contributed by atoms with E-state index in [0.29, 0.717) is 21.5 Å². The lowest BCUT2D eigenvalue weighted by Gasteiger charge is -2.33. The normalized spacial score (nSPS) is 12.6. The molecule has 1 N–H and O–H groups in total. The van der Waals surface area contributed by atoms with Crippen molar-refractivity contribution in [2.75, 3.05) is 27.8 Å². The maximum absolute atomic E-state index is 12.1. The third-order valence-corrected chi connectivity index (χ3v) is 9.98. The first-order chi connectivity index (χ1) is 19.8. The average Bonchev–Trinajstić information content (AvgIpc) is 2.87. The highest BCUT2D eigenvalue weighted by atomic mass is 35.5. The van der Waals surface area contributed by atoms with Crippen LogP contribution >= 0.6 is 31.1 Å². The molecular formula is C35H47Cl2O5P. The Kier molecular flexibility index (Phi) is 11.2. The molecule has 236 valence electrons. The Morgan fingerprint density at radius 3 is 1.35 bits per heavy atom. The molecule has 5 nitrogen and oxygen atoms in total. The number of rotatable bonds is 9. The summed E-state index contributed by atoms with van der Waals surface area (Å²) in [5.41, 5.74) is 2.81. The summed E-state index contributed by atoms with van der Waals surface area (Å²) in [4.78, 5) is 0. The summed E-state index contributed by atoms with van der Waals surface area (Å²) in [6.07, 6.45) is 0. The van der Waals surface area contributed by atoms with Crippen molar-refractivity contribution >= 4 is 47.0 Å². The van der Waals surface area contributed by atoms with Gasteiger partial charge in [-0.3, -0.25) is 0 Å². The summed E-state index contributed by atoms with van der Waals surface area (Å²) in [6.45, 7) is 21.2. The molecule has 0 heterocycles. The first-order valence-corrected chi connectivity index (χ1v) is 16.5. The quantitative estimate of drug-likeness (QED) is 0.186. The minimum absolute atomic E-state index is 0.0454. The van der Waals surface area contributed by atoms with E-state index in [1.165, 1.54) is 0 Å². The van der Waals surface area contributed by atoms with E-state index in [2.05, 4.69) is 62.3 Å². The van der Waals surface area contributed by atoms with Crippen molar-refractivity contribution < 1.29 is 24.1 Å². The highest BCUT2D eigenvalue weighted by Crippen LogP contribution is 2.49. The zero-order valence-electron chi connectivity index (χ0n) is 27.7. The smallest absolute Gasteiger partial charge is 0.188 e. The molecule has 0 saturated heterocycles. The fourth-order valence-electron chi connectivity index (χ4n) is 5.04. The number of aryl methyl sites for hydroxylation is 1. The molecule has 3 rings (SSSR count). The van der Waals surface area contributed by atoms with Gasteiger partial charge in [-0.2, -0.15) is 0 Å². The van der Waals surface area contributed by atoms with Crippen LogP contribution in [0.2, 0.25) is 10.0 Å². The zero-order chi connectivity index (χ0) is 32.5. The Labute approximate surface area is 269 Å². The van der Waals surface area contributed by atoms with Crippen LogP contribution in [0, 0.1) is 6.92 Å². The summed E-state index contributed by atoms with van der Waals surface area (Å²) in [5, 5.41) is 15.6. The van der Waals surface area contributed by atoms with Crippen LogP contribution in [0.15, 0.2) is 36.4 Å². The molecule has 43 heavy (non-hydrogen) atoms. The van der Waals surface area contributed by atoms with E-state index >= 15 is 0 Å². The molecule has 8 heteroatoms. The Bertz CT molecular complexity index is 1370. The van der Waals surface area contributed by atoms with E-state index in [9.17, 15) is 5.11 Å². The van der Waals surface area contributed by atoms with E-state index in [0.717, 1.165) is 38.2 Å². The largest absolute Gasteiger partial charge is 0.507 e. The van der Waals surface area contributed by atoms with Crippen LogP contribution in [-0.2, 0) is 25.7 Å². The van der Waals surface area contributed by atoms with Crippen molar-refractivity contribution in [1.29, 1.82) is 0 Å². The summed E-state index contributed by atoms with van der Waals surface area (Å²) in [6, 6.07) is 11.9. The second-order valence-electron chi connectivity index (χ2n) is 14.0. The molecule has 3 aromatic rings. The number of ether oxygens (including phenoxy) is 4. The number of aromatic hydroxyl groups is 1. The molecule has 0 spiro atoms. The molecule has 0 saturated carbocycles. The van der Waals surface area contributed by atoms with Gasteiger partial charge in [0.05, 0.1) is 0 Å². The van der Waals surface area contributed by atoms with Crippen molar-refractivity contribution in [3.05, 3.63) is 68.7 Å². The summed E-state index contributed by atoms with van der Waals surface area (Å²) in [5.74, 6) is 1.56. The van der Waals surface area contributed by atoms with Crippen molar-refractivity contribution in [3.8, 4) is 17.2 Å². The topological polar surface area (TPSA) is 57.2 Å². The van der Waals surface area contributed by atoms with Gasteiger partial charge in [-0.25, -0.2) is 0 Å². The molecule has 0 aromatic heterocycles. The number of phenolic OH excluding ortho intramolecular Hbond substituents is 1. The second kappa shape index (κ2) is 13.5. The van der Waals surface area contributed by atoms with Gasteiger partial charge < -0.3 is 24.1 Å². The van der Waals surface area contributed by atoms with Crippen molar-refractivity contribution in [1.82, 2.24) is 0 Å². The molecule has 0 unspecified atom stereocenters. The lowest BCUT2D eigenvalue weighted by atomic mass is 9.85. The first kappa shape index (κ1) is 35.5. The van der Waals surface area contributed by atoms with E-state index in [4.69, 9.17) is 42.1 Å². The highest BCUT2D eigenvalue weighted by molar-refractivity contribution is 7.80. The minimum Gasteiger partial charge on any atom is -0.507 e. The van der Waals surface area contributed by atoms with E-state index in [-0.39, 0.29) is 35.6 Å². The van der Waals surface area contributed by atoms with Gasteiger partial charge in [0, 0.05) is 56.9 Å². The lowest BCUT2D eigenvalue weighted by molar-refractivity contribution is 0.0506. The van der Waals surface area contributed by atoms with Gasteiger partial charge in [0.25, 0.3) is 0 Å². The van der Waals surface area contributed by atoms with Crippen LogP contribution in [-0.4, -0.2) is 32.9 Å². The zero-order valence-corrected chi connectivity index (χ0v) is 30.1. The molecule has 0 fully saturated rings. The van der Waals surface area contributed by atoms with Crippen LogP contribution < -0.4 is 25.4 Å². The fourth-order valence-corrected chi connectivity index (χ4v) is 8.38. The van der Waals surface area contributed by atoms with Gasteiger partial charge in [-0.15, -0.1) is 0 Å². The number of hydrogen-bond acceptors (Lipinski definition) is 5. The van der Waals surface area contributed by atoms with E-state index < -0.39 is 7.92 Å². The minimum atomic E-state index is -1.56. The number of halogens is 2. The summed E-state index contributed by atoms with van der Waals surface area (Å²) < 4.78 is 23.6. The monoisotopic (exact) mass is 648 g/mol. The molecule has 0 bridgehead atoms. The van der Waals surface area contributed by atoms with Crippen molar-refractivity contribution in [2.24, 2.45) is 0 Å². The standard InChI is InChI=1S/C35H47Cl2O5P/c1-21-13-24(33(2,3)4)30(38)27(14-21)43(28-17-22(36)15-25(34(5,6)7)31(28)41-19-39-11)29-18-23(37)16-26(35(8,9)10)32(29)42-20-40-12/h13-18,38H,19-20H2,1-12H3. The highest BCUT2D eigenvalue weighted by Gasteiger charge is 2.35. The number of benzene rings is 3. The summed E-state index contributed by atoms with van der Waals surface area (Å²) >= 11 is 13.8. The Hall–Kier alpha value is -2.01. The molecule has 0 amide bonds. The van der Waals surface area contributed by atoms with Crippen molar-refractivity contribution in [3.63, 3.8) is 0 Å².